The molecule has 0 saturated heterocycles. The van der Waals surface area contributed by atoms with E-state index in [1.807, 2.05) is 0 Å². The Kier molecular flexibility index (Phi) is 3.42. The molecule has 0 aliphatic heterocycles. The van der Waals surface area contributed by atoms with E-state index in [0.717, 1.165) is 0 Å². The first-order valence-corrected chi connectivity index (χ1v) is 4.90. The Labute approximate surface area is 93.4 Å². The molecule has 0 atom stereocenters. The predicted octanol–water partition coefficient (Wildman–Crippen LogP) is 1.78. The van der Waals surface area contributed by atoms with Crippen molar-refractivity contribution in [3.05, 3.63) is 23.1 Å². The third-order valence-electron chi connectivity index (χ3n) is 1.82. The summed E-state index contributed by atoms with van der Waals surface area (Å²) in [5.41, 5.74) is -0.621. The summed E-state index contributed by atoms with van der Waals surface area (Å²) in [6.45, 7) is 3.49. The first-order chi connectivity index (χ1) is 6.81. The van der Waals surface area contributed by atoms with Gasteiger partial charge in [-0.1, -0.05) is 0 Å². The minimum absolute atomic E-state index is 0.0718. The lowest BCUT2D eigenvalue weighted by Gasteiger charge is -2.25. The molecule has 0 aromatic carbocycles. The summed E-state index contributed by atoms with van der Waals surface area (Å²) in [7, 11) is 1.60. The van der Waals surface area contributed by atoms with Crippen molar-refractivity contribution in [3.8, 4) is 0 Å². The third kappa shape index (κ3) is 3.25. The van der Waals surface area contributed by atoms with Gasteiger partial charge in [-0.05, 0) is 31.5 Å². The summed E-state index contributed by atoms with van der Waals surface area (Å²) in [5.74, 6) is -0.268. The molecule has 1 N–H and O–H groups in total. The Morgan fingerprint density at radius 2 is 2.27 bits per heavy atom. The van der Waals surface area contributed by atoms with Crippen LogP contribution in [0.25, 0.3) is 0 Å². The van der Waals surface area contributed by atoms with Crippen LogP contribution in [0.4, 0.5) is 0 Å². The van der Waals surface area contributed by atoms with Crippen molar-refractivity contribution in [2.24, 2.45) is 0 Å². The maximum absolute atomic E-state index is 11.8. The Balaban J connectivity index is 2.74. The third-order valence-corrected chi connectivity index (χ3v) is 2.11. The van der Waals surface area contributed by atoms with Gasteiger partial charge in [-0.2, -0.15) is 0 Å². The van der Waals surface area contributed by atoms with Gasteiger partial charge in [0.1, 0.15) is 0 Å². The zero-order valence-corrected chi connectivity index (χ0v) is 9.71. The van der Waals surface area contributed by atoms with Gasteiger partial charge in [-0.25, -0.2) is 0 Å². The van der Waals surface area contributed by atoms with Gasteiger partial charge in [0.05, 0.1) is 17.4 Å². The van der Waals surface area contributed by atoms with Crippen LogP contribution in [0, 0.1) is 0 Å². The van der Waals surface area contributed by atoms with E-state index in [-0.39, 0.29) is 17.7 Å². The molecule has 5 heteroatoms. The summed E-state index contributed by atoms with van der Waals surface area (Å²) in [5, 5.41) is 9.63. The highest BCUT2D eigenvalue weighted by atomic mass is 35.5. The second-order valence-corrected chi connectivity index (χ2v) is 4.42. The molecule has 0 radical (unpaired) electrons. The number of carbonyl (C=O) groups is 1. The minimum atomic E-state index is -0.930. The monoisotopic (exact) mass is 231 g/mol. The zero-order chi connectivity index (χ0) is 11.6. The largest absolute Gasteiger partial charge is 0.452 e. The van der Waals surface area contributed by atoms with Crippen LogP contribution in [0.1, 0.15) is 24.2 Å². The van der Waals surface area contributed by atoms with Gasteiger partial charge in [-0.3, -0.25) is 4.79 Å². The van der Waals surface area contributed by atoms with Crippen molar-refractivity contribution in [2.75, 3.05) is 13.6 Å². The van der Waals surface area contributed by atoms with E-state index in [0.29, 0.717) is 5.56 Å². The average Bonchev–Trinajstić information content (AvgIpc) is 2.47. The SMILES string of the molecule is CN(CC(C)(C)O)C(=O)c1ccoc1Cl. The fourth-order valence-corrected chi connectivity index (χ4v) is 1.50. The number of likely N-dealkylation sites (N-methyl/N-ethyl adjacent to an activating group) is 1. The van der Waals surface area contributed by atoms with Gasteiger partial charge in [0.25, 0.3) is 5.91 Å². The molecule has 84 valence electrons. The average molecular weight is 232 g/mol. The van der Waals surface area contributed by atoms with E-state index in [1.165, 1.54) is 17.2 Å². The second kappa shape index (κ2) is 4.24. The lowest BCUT2D eigenvalue weighted by atomic mass is 10.1. The number of halogens is 1. The number of aliphatic hydroxyl groups is 1. The molecule has 0 bridgehead atoms. The molecule has 1 heterocycles. The Bertz CT molecular complexity index is 354. The second-order valence-electron chi connectivity index (χ2n) is 4.08. The summed E-state index contributed by atoms with van der Waals surface area (Å²) in [4.78, 5) is 13.2. The molecule has 0 spiro atoms. The number of hydrogen-bond donors (Lipinski definition) is 1. The fraction of sp³-hybridized carbons (Fsp3) is 0.500. The van der Waals surface area contributed by atoms with E-state index in [1.54, 1.807) is 20.9 Å². The van der Waals surface area contributed by atoms with Crippen LogP contribution in [0.15, 0.2) is 16.7 Å². The van der Waals surface area contributed by atoms with E-state index < -0.39 is 5.60 Å². The van der Waals surface area contributed by atoms with Crippen molar-refractivity contribution < 1.29 is 14.3 Å². The van der Waals surface area contributed by atoms with Crippen molar-refractivity contribution in [2.45, 2.75) is 19.4 Å². The van der Waals surface area contributed by atoms with E-state index in [4.69, 9.17) is 16.0 Å². The van der Waals surface area contributed by atoms with Crippen LogP contribution in [-0.4, -0.2) is 35.1 Å². The molecule has 4 nitrogen and oxygen atoms in total. The number of rotatable bonds is 3. The lowest BCUT2D eigenvalue weighted by molar-refractivity contribution is 0.0367. The lowest BCUT2D eigenvalue weighted by Crippen LogP contribution is -2.39. The van der Waals surface area contributed by atoms with Gasteiger partial charge >= 0.3 is 0 Å². The van der Waals surface area contributed by atoms with E-state index >= 15 is 0 Å². The predicted molar refractivity (Wildman–Crippen MR) is 57.0 cm³/mol. The first-order valence-electron chi connectivity index (χ1n) is 4.52. The standard InChI is InChI=1S/C10H14ClNO3/c1-10(2,14)6-12(3)9(13)7-4-5-15-8(7)11/h4-5,14H,6H2,1-3H3. The quantitative estimate of drug-likeness (QED) is 0.863. The fourth-order valence-electron chi connectivity index (χ4n) is 1.30. The van der Waals surface area contributed by atoms with Crippen molar-refractivity contribution in [3.63, 3.8) is 0 Å². The summed E-state index contributed by atoms with van der Waals surface area (Å²) in [6, 6.07) is 1.51. The maximum atomic E-state index is 11.8. The molecule has 1 aromatic rings. The van der Waals surface area contributed by atoms with Crippen molar-refractivity contribution in [1.82, 2.24) is 4.90 Å². The molecule has 0 aliphatic rings. The molecule has 0 unspecified atom stereocenters. The first kappa shape index (κ1) is 12.1. The molecule has 1 aromatic heterocycles. The molecule has 0 saturated carbocycles. The summed E-state index contributed by atoms with van der Waals surface area (Å²) >= 11 is 5.67. The minimum Gasteiger partial charge on any atom is -0.452 e. The van der Waals surface area contributed by atoms with Crippen LogP contribution < -0.4 is 0 Å². The number of amides is 1. The van der Waals surface area contributed by atoms with Crippen LogP contribution in [0.5, 0.6) is 0 Å². The van der Waals surface area contributed by atoms with Crippen LogP contribution in [0.2, 0.25) is 5.22 Å². The number of carbonyl (C=O) groups excluding carboxylic acids is 1. The highest BCUT2D eigenvalue weighted by molar-refractivity contribution is 6.32. The topological polar surface area (TPSA) is 53.7 Å². The number of hydrogen-bond acceptors (Lipinski definition) is 3. The van der Waals surface area contributed by atoms with Crippen LogP contribution in [-0.2, 0) is 0 Å². The van der Waals surface area contributed by atoms with E-state index in [2.05, 4.69) is 0 Å². The molecular weight excluding hydrogens is 218 g/mol. The van der Waals surface area contributed by atoms with Crippen LogP contribution >= 0.6 is 11.6 Å². The summed E-state index contributed by atoms with van der Waals surface area (Å²) < 4.78 is 4.82. The molecule has 0 fully saturated rings. The Hall–Kier alpha value is -1.00. The Morgan fingerprint density at radius 1 is 1.67 bits per heavy atom. The van der Waals surface area contributed by atoms with Crippen LogP contribution in [0.3, 0.4) is 0 Å². The van der Waals surface area contributed by atoms with Gasteiger partial charge in [0, 0.05) is 13.6 Å². The maximum Gasteiger partial charge on any atom is 0.258 e. The molecular formula is C10H14ClNO3. The smallest absolute Gasteiger partial charge is 0.258 e. The molecule has 15 heavy (non-hydrogen) atoms. The van der Waals surface area contributed by atoms with Gasteiger partial charge in [0.2, 0.25) is 5.22 Å². The van der Waals surface area contributed by atoms with Gasteiger partial charge in [-0.15, -0.1) is 0 Å². The van der Waals surface area contributed by atoms with Gasteiger partial charge in [0.15, 0.2) is 0 Å². The normalized spacial score (nSPS) is 11.5. The number of furan rings is 1. The Morgan fingerprint density at radius 3 is 2.67 bits per heavy atom. The van der Waals surface area contributed by atoms with Gasteiger partial charge < -0.3 is 14.4 Å². The van der Waals surface area contributed by atoms with Crippen molar-refractivity contribution in [1.29, 1.82) is 0 Å². The zero-order valence-electron chi connectivity index (χ0n) is 8.95. The number of nitrogens with zero attached hydrogens (tertiary/aromatic N) is 1. The highest BCUT2D eigenvalue weighted by Gasteiger charge is 2.22. The highest BCUT2D eigenvalue weighted by Crippen LogP contribution is 2.18. The summed E-state index contributed by atoms with van der Waals surface area (Å²) in [6.07, 6.45) is 1.35. The van der Waals surface area contributed by atoms with Crippen molar-refractivity contribution >= 4 is 17.5 Å². The molecule has 1 rings (SSSR count). The molecule has 0 aliphatic carbocycles. The molecule has 1 amide bonds. The van der Waals surface area contributed by atoms with E-state index in [9.17, 15) is 9.90 Å².